The van der Waals surface area contributed by atoms with Crippen LogP contribution in [0.5, 0.6) is 5.75 Å². The minimum Gasteiger partial charge on any atom is -0.494 e. The second kappa shape index (κ2) is 16.9. The number of carbonyl (C=O) groups excluding carboxylic acids is 1. The molecule has 2 aromatic carbocycles. The number of ether oxygens (including phenoxy) is 2. The van der Waals surface area contributed by atoms with Crippen molar-refractivity contribution in [2.24, 2.45) is 0 Å². The molecule has 0 saturated heterocycles. The monoisotopic (exact) mass is 505 g/mol. The second-order valence-corrected chi connectivity index (χ2v) is 10.3. The van der Waals surface area contributed by atoms with Gasteiger partial charge < -0.3 is 14.8 Å². The van der Waals surface area contributed by atoms with Gasteiger partial charge in [-0.25, -0.2) is 4.79 Å². The highest BCUT2D eigenvalue weighted by Gasteiger charge is 2.03. The summed E-state index contributed by atoms with van der Waals surface area (Å²) in [6.45, 7) is 1.68. The van der Waals surface area contributed by atoms with Crippen molar-refractivity contribution in [1.82, 2.24) is 5.32 Å². The molecule has 0 heterocycles. The van der Waals surface area contributed by atoms with Crippen LogP contribution in [0, 0.1) is 0 Å². The standard InChI is InChI=1S/C27H39NO6S/c1-35(30,31)34-23-25-16-18-26(19-17-25)32-21-13-8-6-4-2-3-5-7-12-20-28-27(29)33-22-24-14-10-9-11-15-24/h9-11,14-19H,2-8,12-13,20-23H2,1H3,(H,28,29). The van der Waals surface area contributed by atoms with Crippen LogP contribution in [0.2, 0.25) is 0 Å². The van der Waals surface area contributed by atoms with Crippen LogP contribution in [0.25, 0.3) is 0 Å². The number of hydrogen-bond donors (Lipinski definition) is 1. The molecule has 0 atom stereocenters. The van der Waals surface area contributed by atoms with E-state index in [0.717, 1.165) is 48.8 Å². The summed E-state index contributed by atoms with van der Waals surface area (Å²) in [7, 11) is -3.43. The molecule has 1 N–H and O–H groups in total. The van der Waals surface area contributed by atoms with E-state index < -0.39 is 10.1 Å². The van der Waals surface area contributed by atoms with Gasteiger partial charge in [-0.05, 0) is 36.1 Å². The molecule has 0 aromatic heterocycles. The molecule has 0 saturated carbocycles. The SMILES string of the molecule is CS(=O)(=O)OCc1ccc(OCCCCCCCCCCCNC(=O)OCc2ccccc2)cc1. The van der Waals surface area contributed by atoms with E-state index in [1.807, 2.05) is 54.6 Å². The smallest absolute Gasteiger partial charge is 0.407 e. The molecule has 0 fully saturated rings. The number of nitrogens with one attached hydrogen (secondary N) is 1. The summed E-state index contributed by atoms with van der Waals surface area (Å²) < 4.78 is 37.8. The van der Waals surface area contributed by atoms with Crippen molar-refractivity contribution >= 4 is 16.2 Å². The molecule has 8 heteroatoms. The van der Waals surface area contributed by atoms with Crippen molar-refractivity contribution in [3.05, 3.63) is 65.7 Å². The Kier molecular flexibility index (Phi) is 13.9. The summed E-state index contributed by atoms with van der Waals surface area (Å²) in [6, 6.07) is 17.0. The van der Waals surface area contributed by atoms with Crippen LogP contribution < -0.4 is 10.1 Å². The number of alkyl carbamates (subject to hydrolysis) is 1. The summed E-state index contributed by atoms with van der Waals surface area (Å²) >= 11 is 0. The number of rotatable bonds is 18. The highest BCUT2D eigenvalue weighted by atomic mass is 32.2. The fraction of sp³-hybridized carbons (Fsp3) is 0.519. The van der Waals surface area contributed by atoms with E-state index in [-0.39, 0.29) is 12.7 Å². The minimum absolute atomic E-state index is 0.0415. The van der Waals surface area contributed by atoms with Crippen LogP contribution in [-0.4, -0.2) is 33.9 Å². The molecule has 0 unspecified atom stereocenters. The van der Waals surface area contributed by atoms with Gasteiger partial charge in [-0.2, -0.15) is 8.42 Å². The summed E-state index contributed by atoms with van der Waals surface area (Å²) in [6.07, 6.45) is 11.0. The highest BCUT2D eigenvalue weighted by molar-refractivity contribution is 7.85. The van der Waals surface area contributed by atoms with E-state index in [9.17, 15) is 13.2 Å². The first-order valence-electron chi connectivity index (χ1n) is 12.4. The third-order valence-corrected chi connectivity index (χ3v) is 5.98. The molecule has 0 bridgehead atoms. The molecule has 2 aromatic rings. The Hall–Kier alpha value is -2.58. The molecule has 7 nitrogen and oxygen atoms in total. The van der Waals surface area contributed by atoms with Crippen LogP contribution in [0.3, 0.4) is 0 Å². The van der Waals surface area contributed by atoms with Crippen LogP contribution in [-0.2, 0) is 32.3 Å². The van der Waals surface area contributed by atoms with Crippen molar-refractivity contribution in [2.45, 2.75) is 71.0 Å². The maximum absolute atomic E-state index is 11.7. The Morgan fingerprint density at radius 3 is 1.94 bits per heavy atom. The number of unbranched alkanes of at least 4 members (excludes halogenated alkanes) is 8. The van der Waals surface area contributed by atoms with Gasteiger partial charge in [0.05, 0.1) is 19.5 Å². The lowest BCUT2D eigenvalue weighted by Gasteiger charge is -2.08. The Morgan fingerprint density at radius 1 is 0.743 bits per heavy atom. The van der Waals surface area contributed by atoms with E-state index in [0.29, 0.717) is 19.8 Å². The zero-order chi connectivity index (χ0) is 25.2. The molecular weight excluding hydrogens is 466 g/mol. The maximum atomic E-state index is 11.7. The first kappa shape index (κ1) is 28.7. The van der Waals surface area contributed by atoms with Gasteiger partial charge >= 0.3 is 6.09 Å². The molecule has 0 aliphatic carbocycles. The number of amides is 1. The number of benzene rings is 2. The molecule has 0 aliphatic heterocycles. The number of hydrogen-bond acceptors (Lipinski definition) is 6. The number of carbonyl (C=O) groups is 1. The Morgan fingerprint density at radius 2 is 1.31 bits per heavy atom. The minimum atomic E-state index is -3.43. The average Bonchev–Trinajstić information content (AvgIpc) is 2.85. The molecule has 1 amide bonds. The quantitative estimate of drug-likeness (QED) is 0.198. The second-order valence-electron chi connectivity index (χ2n) is 8.63. The predicted molar refractivity (Wildman–Crippen MR) is 138 cm³/mol. The van der Waals surface area contributed by atoms with Crippen molar-refractivity contribution in [2.75, 3.05) is 19.4 Å². The zero-order valence-electron chi connectivity index (χ0n) is 20.7. The first-order valence-corrected chi connectivity index (χ1v) is 14.2. The van der Waals surface area contributed by atoms with E-state index in [1.165, 1.54) is 32.1 Å². The van der Waals surface area contributed by atoms with Crippen molar-refractivity contribution < 1.29 is 26.9 Å². The van der Waals surface area contributed by atoms with Crippen LogP contribution >= 0.6 is 0 Å². The lowest BCUT2D eigenvalue weighted by atomic mass is 10.1. The average molecular weight is 506 g/mol. The third-order valence-electron chi connectivity index (χ3n) is 5.43. The van der Waals surface area contributed by atoms with Gasteiger partial charge in [0.15, 0.2) is 0 Å². The Balaban J connectivity index is 1.35. The molecule has 0 spiro atoms. The largest absolute Gasteiger partial charge is 0.494 e. The summed E-state index contributed by atoms with van der Waals surface area (Å²) in [5.74, 6) is 0.784. The topological polar surface area (TPSA) is 90.9 Å². The normalized spacial score (nSPS) is 11.2. The lowest BCUT2D eigenvalue weighted by molar-refractivity contribution is 0.139. The first-order chi connectivity index (χ1) is 16.9. The zero-order valence-corrected chi connectivity index (χ0v) is 21.6. The Bertz CT molecular complexity index is 932. The van der Waals surface area contributed by atoms with Crippen molar-refractivity contribution in [3.8, 4) is 5.75 Å². The van der Waals surface area contributed by atoms with E-state index in [2.05, 4.69) is 5.32 Å². The van der Waals surface area contributed by atoms with Crippen LogP contribution in [0.1, 0.15) is 68.9 Å². The molecule has 194 valence electrons. The summed E-state index contributed by atoms with van der Waals surface area (Å²) in [5.41, 5.74) is 1.78. The van der Waals surface area contributed by atoms with Gasteiger partial charge in [-0.15, -0.1) is 0 Å². The maximum Gasteiger partial charge on any atom is 0.407 e. The lowest BCUT2D eigenvalue weighted by Crippen LogP contribution is -2.25. The van der Waals surface area contributed by atoms with Gasteiger partial charge in [0.2, 0.25) is 0 Å². The van der Waals surface area contributed by atoms with Gasteiger partial charge in [-0.3, -0.25) is 4.18 Å². The fourth-order valence-corrected chi connectivity index (χ4v) is 3.83. The molecule has 0 aliphatic rings. The van der Waals surface area contributed by atoms with Crippen molar-refractivity contribution in [1.29, 1.82) is 0 Å². The van der Waals surface area contributed by atoms with Gasteiger partial charge in [0.1, 0.15) is 12.4 Å². The molecular formula is C27H39NO6S. The van der Waals surface area contributed by atoms with Gasteiger partial charge in [-0.1, -0.05) is 87.4 Å². The van der Waals surface area contributed by atoms with Gasteiger partial charge in [0.25, 0.3) is 10.1 Å². The molecule has 2 rings (SSSR count). The van der Waals surface area contributed by atoms with Crippen molar-refractivity contribution in [3.63, 3.8) is 0 Å². The molecule has 35 heavy (non-hydrogen) atoms. The summed E-state index contributed by atoms with van der Waals surface area (Å²) in [4.78, 5) is 11.7. The van der Waals surface area contributed by atoms with E-state index in [4.69, 9.17) is 13.7 Å². The fourth-order valence-electron chi connectivity index (χ4n) is 3.48. The Labute approximate surface area is 210 Å². The van der Waals surface area contributed by atoms with Crippen LogP contribution in [0.15, 0.2) is 54.6 Å². The predicted octanol–water partition coefficient (Wildman–Crippen LogP) is 5.98. The van der Waals surface area contributed by atoms with E-state index in [1.54, 1.807) is 0 Å². The molecule has 0 radical (unpaired) electrons. The third kappa shape index (κ3) is 15.1. The highest BCUT2D eigenvalue weighted by Crippen LogP contribution is 2.15. The van der Waals surface area contributed by atoms with Gasteiger partial charge in [0, 0.05) is 6.54 Å². The van der Waals surface area contributed by atoms with E-state index >= 15 is 0 Å². The summed E-state index contributed by atoms with van der Waals surface area (Å²) in [5, 5.41) is 2.81. The van der Waals surface area contributed by atoms with Crippen LogP contribution in [0.4, 0.5) is 4.79 Å².